The van der Waals surface area contributed by atoms with Crippen molar-refractivity contribution in [1.82, 2.24) is 20.2 Å². The molecule has 0 aliphatic carbocycles. The Kier molecular flexibility index (Phi) is 11.0. The maximum Gasteiger partial charge on any atom is 0.234 e. The number of amides is 1. The molecule has 0 atom stereocenters. The van der Waals surface area contributed by atoms with Crippen molar-refractivity contribution < 1.29 is 13.9 Å². The third kappa shape index (κ3) is 6.99. The first-order valence-corrected chi connectivity index (χ1v) is 7.37. The molecule has 0 aliphatic heterocycles. The fraction of sp³-hybridized carbons (Fsp3) is 0.375. The number of hydrogen-bond acceptors (Lipinski definition) is 4. The normalized spacial score (nSPS) is 9.88. The average Bonchev–Trinajstić information content (AvgIpc) is 2.95. The topological polar surface area (TPSA) is 68.2 Å². The van der Waals surface area contributed by atoms with Gasteiger partial charge in [0.15, 0.2) is 0 Å². The highest BCUT2D eigenvalue weighted by molar-refractivity contribution is 5.85. The van der Waals surface area contributed by atoms with Crippen LogP contribution in [-0.2, 0) is 16.1 Å². The van der Waals surface area contributed by atoms with Crippen LogP contribution in [0.25, 0.3) is 5.69 Å². The summed E-state index contributed by atoms with van der Waals surface area (Å²) in [4.78, 5) is 15.7. The van der Waals surface area contributed by atoms with Crippen molar-refractivity contribution in [2.45, 2.75) is 13.5 Å². The number of nitrogens with one attached hydrogen (secondary N) is 2. The Hall–Kier alpha value is -1.67. The van der Waals surface area contributed by atoms with E-state index in [2.05, 4.69) is 15.6 Å². The lowest BCUT2D eigenvalue weighted by Gasteiger charge is -2.10. The summed E-state index contributed by atoms with van der Waals surface area (Å²) in [7, 11) is 1.60. The summed E-state index contributed by atoms with van der Waals surface area (Å²) in [6, 6.07) is 4.90. The lowest BCUT2D eigenvalue weighted by molar-refractivity contribution is -0.120. The first-order valence-electron chi connectivity index (χ1n) is 7.37. The van der Waals surface area contributed by atoms with E-state index in [1.54, 1.807) is 36.2 Å². The summed E-state index contributed by atoms with van der Waals surface area (Å²) in [5.74, 6) is 0.221. The molecule has 0 saturated heterocycles. The summed E-state index contributed by atoms with van der Waals surface area (Å²) in [6.07, 6.45) is 3.33. The smallest absolute Gasteiger partial charge is 0.234 e. The van der Waals surface area contributed by atoms with Crippen molar-refractivity contribution >= 4 is 30.7 Å². The molecule has 2 N–H and O–H groups in total. The summed E-state index contributed by atoms with van der Waals surface area (Å²) < 4.78 is 20.8. The van der Waals surface area contributed by atoms with Crippen molar-refractivity contribution in [2.75, 3.05) is 26.8 Å². The highest BCUT2D eigenvalue weighted by Gasteiger charge is 2.08. The molecule has 0 radical (unpaired) electrons. The lowest BCUT2D eigenvalue weighted by atomic mass is 10.2. The van der Waals surface area contributed by atoms with Crippen LogP contribution in [0.4, 0.5) is 4.39 Å². The van der Waals surface area contributed by atoms with Crippen LogP contribution in [0.15, 0.2) is 30.6 Å². The van der Waals surface area contributed by atoms with Gasteiger partial charge in [0, 0.05) is 32.6 Å². The maximum atomic E-state index is 14.2. The molecule has 0 bridgehead atoms. The van der Waals surface area contributed by atoms with Crippen LogP contribution < -0.4 is 10.6 Å². The monoisotopic (exact) mass is 392 g/mol. The van der Waals surface area contributed by atoms with Crippen LogP contribution in [0.3, 0.4) is 0 Å². The zero-order valence-corrected chi connectivity index (χ0v) is 15.8. The second-order valence-corrected chi connectivity index (χ2v) is 5.08. The van der Waals surface area contributed by atoms with Crippen LogP contribution in [0.2, 0.25) is 0 Å². The molecule has 0 fully saturated rings. The van der Waals surface area contributed by atoms with Gasteiger partial charge in [-0.1, -0.05) is 6.07 Å². The fourth-order valence-electron chi connectivity index (χ4n) is 2.13. The molecule has 1 aromatic heterocycles. The number of ether oxygens (including phenoxy) is 1. The van der Waals surface area contributed by atoms with Crippen LogP contribution in [0.5, 0.6) is 0 Å². The van der Waals surface area contributed by atoms with E-state index in [0.29, 0.717) is 30.2 Å². The number of imidazole rings is 1. The third-order valence-corrected chi connectivity index (χ3v) is 3.36. The minimum Gasteiger partial charge on any atom is -0.383 e. The van der Waals surface area contributed by atoms with E-state index >= 15 is 0 Å². The molecule has 6 nitrogen and oxygen atoms in total. The molecule has 25 heavy (non-hydrogen) atoms. The molecule has 1 heterocycles. The number of benzene rings is 1. The number of hydrogen-bond donors (Lipinski definition) is 2. The van der Waals surface area contributed by atoms with Crippen LogP contribution in [0, 0.1) is 12.7 Å². The number of carbonyl (C=O) groups excluding carboxylic acids is 1. The summed E-state index contributed by atoms with van der Waals surface area (Å²) in [5, 5.41) is 5.69. The van der Waals surface area contributed by atoms with Gasteiger partial charge in [0.05, 0.1) is 18.8 Å². The van der Waals surface area contributed by atoms with Crippen LogP contribution in [0.1, 0.15) is 11.4 Å². The molecule has 9 heteroatoms. The Morgan fingerprint density at radius 2 is 2.12 bits per heavy atom. The second kappa shape index (κ2) is 11.8. The van der Waals surface area contributed by atoms with Crippen molar-refractivity contribution in [3.05, 3.63) is 47.8 Å². The number of rotatable bonds is 8. The van der Waals surface area contributed by atoms with Gasteiger partial charge in [-0.15, -0.1) is 24.8 Å². The Labute approximate surface area is 159 Å². The van der Waals surface area contributed by atoms with Crippen LogP contribution >= 0.6 is 24.8 Å². The summed E-state index contributed by atoms with van der Waals surface area (Å²) >= 11 is 0. The molecule has 1 amide bonds. The van der Waals surface area contributed by atoms with Gasteiger partial charge in [-0.05, 0) is 24.6 Å². The number of carbonyl (C=O) groups is 1. The zero-order chi connectivity index (χ0) is 16.7. The molecule has 0 saturated carbocycles. The summed E-state index contributed by atoms with van der Waals surface area (Å²) in [6.45, 7) is 3.46. The number of aromatic nitrogens is 2. The number of methoxy groups -OCH3 is 1. The van der Waals surface area contributed by atoms with Crippen molar-refractivity contribution in [3.63, 3.8) is 0 Å². The van der Waals surface area contributed by atoms with Gasteiger partial charge in [-0.25, -0.2) is 9.37 Å². The zero-order valence-electron chi connectivity index (χ0n) is 14.1. The SMILES string of the molecule is COCCNCC(=O)NCc1ccc(-n2ccnc2C)c(F)c1.Cl.Cl. The Balaban J connectivity index is 0.00000288. The van der Waals surface area contributed by atoms with Crippen LogP contribution in [-0.4, -0.2) is 42.3 Å². The summed E-state index contributed by atoms with van der Waals surface area (Å²) in [5.41, 5.74) is 1.14. The first kappa shape index (κ1) is 23.3. The fourth-order valence-corrected chi connectivity index (χ4v) is 2.13. The van der Waals surface area contributed by atoms with Gasteiger partial charge >= 0.3 is 0 Å². The predicted molar refractivity (Wildman–Crippen MR) is 99.3 cm³/mol. The second-order valence-electron chi connectivity index (χ2n) is 5.08. The standard InChI is InChI=1S/C16H21FN4O2.2ClH/c1-12-19-5-7-21(12)15-4-3-13(9-14(15)17)10-20-16(22)11-18-6-8-23-2;;/h3-5,7,9,18H,6,8,10-11H2,1-2H3,(H,20,22);2*1H. The molecule has 140 valence electrons. The molecule has 2 aromatic rings. The molecule has 0 unspecified atom stereocenters. The van der Waals surface area contributed by atoms with E-state index in [0.717, 1.165) is 0 Å². The van der Waals surface area contributed by atoms with Crippen molar-refractivity contribution in [2.24, 2.45) is 0 Å². The number of aryl methyl sites for hydroxylation is 1. The van der Waals surface area contributed by atoms with Gasteiger partial charge in [-0.2, -0.15) is 0 Å². The van der Waals surface area contributed by atoms with Gasteiger partial charge in [0.25, 0.3) is 0 Å². The van der Waals surface area contributed by atoms with Crippen molar-refractivity contribution in [3.8, 4) is 5.69 Å². The first-order chi connectivity index (χ1) is 11.1. The Bertz CT molecular complexity index is 667. The van der Waals surface area contributed by atoms with E-state index in [4.69, 9.17) is 4.74 Å². The molecular formula is C16H23Cl2FN4O2. The van der Waals surface area contributed by atoms with E-state index in [1.807, 2.05) is 6.92 Å². The van der Waals surface area contributed by atoms with Gasteiger partial charge in [0.1, 0.15) is 11.6 Å². The highest BCUT2D eigenvalue weighted by atomic mass is 35.5. The predicted octanol–water partition coefficient (Wildman–Crippen LogP) is 2.02. The maximum absolute atomic E-state index is 14.2. The largest absolute Gasteiger partial charge is 0.383 e. The minimum atomic E-state index is -0.351. The molecule has 0 aliphatic rings. The lowest BCUT2D eigenvalue weighted by Crippen LogP contribution is -2.34. The molecule has 0 spiro atoms. The van der Waals surface area contributed by atoms with E-state index in [1.165, 1.54) is 6.07 Å². The minimum absolute atomic E-state index is 0. The van der Waals surface area contributed by atoms with E-state index in [9.17, 15) is 9.18 Å². The third-order valence-electron chi connectivity index (χ3n) is 3.36. The van der Waals surface area contributed by atoms with Crippen molar-refractivity contribution in [1.29, 1.82) is 0 Å². The Morgan fingerprint density at radius 1 is 1.36 bits per heavy atom. The van der Waals surface area contributed by atoms with Gasteiger partial charge in [-0.3, -0.25) is 4.79 Å². The molecule has 2 rings (SSSR count). The quantitative estimate of drug-likeness (QED) is 0.674. The van der Waals surface area contributed by atoms with Gasteiger partial charge < -0.3 is 19.9 Å². The average molecular weight is 393 g/mol. The van der Waals surface area contributed by atoms with Gasteiger partial charge in [0.2, 0.25) is 5.91 Å². The van der Waals surface area contributed by atoms with E-state index in [-0.39, 0.29) is 49.6 Å². The molecular weight excluding hydrogens is 370 g/mol. The highest BCUT2D eigenvalue weighted by Crippen LogP contribution is 2.16. The number of nitrogens with zero attached hydrogens (tertiary/aromatic N) is 2. The number of halogens is 3. The van der Waals surface area contributed by atoms with E-state index < -0.39 is 0 Å². The molecule has 1 aromatic carbocycles. The Morgan fingerprint density at radius 3 is 2.72 bits per heavy atom.